The van der Waals surface area contributed by atoms with Gasteiger partial charge in [0.25, 0.3) is 5.88 Å². The molecule has 0 aliphatic rings. The van der Waals surface area contributed by atoms with Crippen molar-refractivity contribution in [2.45, 2.75) is 6.92 Å². The number of hydrogen-bond donors (Lipinski definition) is 1. The lowest BCUT2D eigenvalue weighted by Gasteiger charge is -2.08. The molecule has 8 heteroatoms. The summed E-state index contributed by atoms with van der Waals surface area (Å²) in [6.45, 7) is 1.74. The molecular weight excluding hydrogens is 279 g/mol. The highest BCUT2D eigenvalue weighted by Gasteiger charge is 2.16. The Labute approximate surface area is 117 Å². The van der Waals surface area contributed by atoms with Gasteiger partial charge >= 0.3 is 5.97 Å². The molecule has 7 nitrogen and oxygen atoms in total. The van der Waals surface area contributed by atoms with Gasteiger partial charge in [0.05, 0.1) is 0 Å². The zero-order valence-corrected chi connectivity index (χ0v) is 10.8. The number of hydrogen-bond acceptors (Lipinski definition) is 5. The molecule has 0 saturated carbocycles. The number of carboxylic acids is 1. The zero-order valence-electron chi connectivity index (χ0n) is 10.8. The molecule has 0 bridgehead atoms. The Hall–Kier alpha value is -3.03. The van der Waals surface area contributed by atoms with Crippen LogP contribution < -0.4 is 4.74 Å². The number of fused-ring (bicyclic) bond motifs is 1. The summed E-state index contributed by atoms with van der Waals surface area (Å²) in [6.07, 6.45) is 3.10. The van der Waals surface area contributed by atoms with Crippen LogP contribution in [-0.4, -0.2) is 30.7 Å². The molecule has 0 unspecified atom stereocenters. The number of rotatable bonds is 3. The normalized spacial score (nSPS) is 10.8. The summed E-state index contributed by atoms with van der Waals surface area (Å²) in [5, 5.41) is 16.9. The minimum absolute atomic E-state index is 0.0474. The second-order valence-corrected chi connectivity index (χ2v) is 4.22. The van der Waals surface area contributed by atoms with Gasteiger partial charge in [0.15, 0.2) is 0 Å². The van der Waals surface area contributed by atoms with Crippen LogP contribution in [0, 0.1) is 12.7 Å². The van der Waals surface area contributed by atoms with E-state index in [1.54, 1.807) is 17.5 Å². The maximum atomic E-state index is 13.3. The first-order valence-corrected chi connectivity index (χ1v) is 5.93. The van der Waals surface area contributed by atoms with Gasteiger partial charge in [-0.2, -0.15) is 0 Å². The second kappa shape index (κ2) is 4.82. The third-order valence-corrected chi connectivity index (χ3v) is 2.85. The molecule has 0 aliphatic carbocycles. The quantitative estimate of drug-likeness (QED) is 0.793. The van der Waals surface area contributed by atoms with Gasteiger partial charge < -0.3 is 9.84 Å². The molecule has 2 aromatic heterocycles. The molecule has 0 amide bonds. The predicted molar refractivity (Wildman–Crippen MR) is 69.0 cm³/mol. The van der Waals surface area contributed by atoms with E-state index >= 15 is 0 Å². The first-order chi connectivity index (χ1) is 10.1. The molecule has 0 aliphatic heterocycles. The highest BCUT2D eigenvalue weighted by molar-refractivity contribution is 5.91. The lowest BCUT2D eigenvalue weighted by molar-refractivity contribution is 0.0694. The molecule has 1 N–H and O–H groups in total. The highest BCUT2D eigenvalue weighted by Crippen LogP contribution is 2.27. The Bertz CT molecular complexity index is 847. The Kier molecular flexibility index (Phi) is 2.98. The Morgan fingerprint density at radius 1 is 1.38 bits per heavy atom. The van der Waals surface area contributed by atoms with Crippen LogP contribution in [-0.2, 0) is 0 Å². The summed E-state index contributed by atoms with van der Waals surface area (Å²) in [5.74, 6) is -1.32. The van der Waals surface area contributed by atoms with E-state index in [-0.39, 0.29) is 17.2 Å². The van der Waals surface area contributed by atoms with Crippen molar-refractivity contribution in [1.82, 2.24) is 19.6 Å². The third-order valence-electron chi connectivity index (χ3n) is 2.85. The van der Waals surface area contributed by atoms with E-state index in [9.17, 15) is 9.18 Å². The van der Waals surface area contributed by atoms with Crippen LogP contribution in [0.3, 0.4) is 0 Å². The number of nitrogens with zero attached hydrogens (tertiary/aromatic N) is 4. The standard InChI is InChI=1S/C13H9FN4O3/c1-7-16-17-11-12(15-4-5-18(7)11)21-10-6-8(14)2-3-9(10)13(19)20/h2-6H,1H3,(H,19,20). The van der Waals surface area contributed by atoms with Crippen LogP contribution in [0.1, 0.15) is 16.2 Å². The molecule has 0 radical (unpaired) electrons. The average Bonchev–Trinajstić information content (AvgIpc) is 2.82. The van der Waals surface area contributed by atoms with Crippen molar-refractivity contribution >= 4 is 11.6 Å². The summed E-state index contributed by atoms with van der Waals surface area (Å²) in [4.78, 5) is 15.1. The summed E-state index contributed by atoms with van der Waals surface area (Å²) < 4.78 is 20.4. The zero-order chi connectivity index (χ0) is 15.0. The third kappa shape index (κ3) is 2.27. The Morgan fingerprint density at radius 3 is 2.95 bits per heavy atom. The molecule has 21 heavy (non-hydrogen) atoms. The largest absolute Gasteiger partial charge is 0.478 e. The second-order valence-electron chi connectivity index (χ2n) is 4.22. The van der Waals surface area contributed by atoms with Gasteiger partial charge in [0, 0.05) is 18.5 Å². The van der Waals surface area contributed by atoms with E-state index < -0.39 is 11.8 Å². The van der Waals surface area contributed by atoms with Crippen LogP contribution in [0.2, 0.25) is 0 Å². The van der Waals surface area contributed by atoms with Crippen molar-refractivity contribution in [2.24, 2.45) is 0 Å². The monoisotopic (exact) mass is 288 g/mol. The number of aromatic carboxylic acids is 1. The van der Waals surface area contributed by atoms with Crippen molar-refractivity contribution in [3.63, 3.8) is 0 Å². The van der Waals surface area contributed by atoms with Gasteiger partial charge in [-0.15, -0.1) is 10.2 Å². The van der Waals surface area contributed by atoms with Gasteiger partial charge in [-0.3, -0.25) is 4.40 Å². The van der Waals surface area contributed by atoms with E-state index in [0.29, 0.717) is 11.5 Å². The molecule has 3 rings (SSSR count). The molecule has 0 saturated heterocycles. The molecule has 106 valence electrons. The van der Waals surface area contributed by atoms with Crippen molar-refractivity contribution < 1.29 is 19.0 Å². The van der Waals surface area contributed by atoms with E-state index in [1.807, 2.05) is 0 Å². The topological polar surface area (TPSA) is 89.6 Å². The Balaban J connectivity index is 2.10. The van der Waals surface area contributed by atoms with E-state index in [4.69, 9.17) is 9.84 Å². The van der Waals surface area contributed by atoms with Crippen LogP contribution in [0.15, 0.2) is 30.6 Å². The van der Waals surface area contributed by atoms with Crippen LogP contribution >= 0.6 is 0 Å². The highest BCUT2D eigenvalue weighted by atomic mass is 19.1. The number of benzene rings is 1. The molecule has 0 fully saturated rings. The average molecular weight is 288 g/mol. The summed E-state index contributed by atoms with van der Waals surface area (Å²) in [7, 11) is 0. The fraction of sp³-hybridized carbons (Fsp3) is 0.0769. The van der Waals surface area contributed by atoms with Gasteiger partial charge in [-0.05, 0) is 19.1 Å². The lowest BCUT2D eigenvalue weighted by atomic mass is 10.2. The van der Waals surface area contributed by atoms with Crippen molar-refractivity contribution in [1.29, 1.82) is 0 Å². The van der Waals surface area contributed by atoms with E-state index in [1.165, 1.54) is 6.20 Å². The molecule has 0 spiro atoms. The molecule has 1 aromatic carbocycles. The van der Waals surface area contributed by atoms with Crippen molar-refractivity contribution in [2.75, 3.05) is 0 Å². The molecule has 0 atom stereocenters. The summed E-state index contributed by atoms with van der Waals surface area (Å²) in [5.41, 5.74) is 0.145. The van der Waals surface area contributed by atoms with E-state index in [2.05, 4.69) is 15.2 Å². The first kappa shape index (κ1) is 13.0. The molecule has 3 aromatic rings. The number of ether oxygens (including phenoxy) is 1. The van der Waals surface area contributed by atoms with E-state index in [0.717, 1.165) is 18.2 Å². The summed E-state index contributed by atoms with van der Waals surface area (Å²) >= 11 is 0. The van der Waals surface area contributed by atoms with Crippen molar-refractivity contribution in [3.8, 4) is 11.6 Å². The molecule has 2 heterocycles. The number of carbonyl (C=O) groups is 1. The van der Waals surface area contributed by atoms with Gasteiger partial charge in [-0.1, -0.05) is 0 Å². The Morgan fingerprint density at radius 2 is 2.19 bits per heavy atom. The summed E-state index contributed by atoms with van der Waals surface area (Å²) in [6, 6.07) is 3.16. The minimum atomic E-state index is -1.23. The SMILES string of the molecule is Cc1nnc2c(Oc3cc(F)ccc3C(=O)O)nccn12. The number of halogens is 1. The predicted octanol–water partition coefficient (Wildman–Crippen LogP) is 2.06. The van der Waals surface area contributed by atoms with Crippen molar-refractivity contribution in [3.05, 3.63) is 47.8 Å². The smallest absolute Gasteiger partial charge is 0.339 e. The van der Waals surface area contributed by atoms with Crippen LogP contribution in [0.25, 0.3) is 5.65 Å². The van der Waals surface area contributed by atoms with Gasteiger partial charge in [-0.25, -0.2) is 14.2 Å². The van der Waals surface area contributed by atoms with Crippen LogP contribution in [0.5, 0.6) is 11.6 Å². The van der Waals surface area contributed by atoms with Gasteiger partial charge in [0.2, 0.25) is 5.65 Å². The van der Waals surface area contributed by atoms with Crippen LogP contribution in [0.4, 0.5) is 4.39 Å². The fourth-order valence-corrected chi connectivity index (χ4v) is 1.85. The minimum Gasteiger partial charge on any atom is -0.478 e. The maximum Gasteiger partial charge on any atom is 0.339 e. The fourth-order valence-electron chi connectivity index (χ4n) is 1.85. The number of aryl methyl sites for hydroxylation is 1. The molecular formula is C13H9FN4O3. The lowest BCUT2D eigenvalue weighted by Crippen LogP contribution is -2.02. The first-order valence-electron chi connectivity index (χ1n) is 5.93. The number of carboxylic acid groups (broad SMARTS) is 1. The van der Waals surface area contributed by atoms with Gasteiger partial charge in [0.1, 0.15) is 23.0 Å². The number of aromatic nitrogens is 4. The maximum absolute atomic E-state index is 13.3.